The number of nitrogens with one attached hydrogen (secondary N) is 2. The van der Waals surface area contributed by atoms with Crippen LogP contribution in [0.15, 0.2) is 116 Å². The SMILES string of the molecule is CCOC1CC(n2cc(C#CCNC(=O)COCCOC(COc3cccc(C(=O)NCCCC(=O)CCCN(C)C(=O)c4ccccc4-c4c(-c5nc6ccccc6s5)c(=O)oc5cc6c(cc45)CCCN6CC)c3)N=[N+]=[N-])c(N)cc2=O)OC1COP(=O)(O)OP(=O)(O)OP(=O)(O)O. The third-order valence-electron chi connectivity index (χ3n) is 15.7. The number of anilines is 2. The number of phosphoric ester groups is 1. The maximum absolute atomic E-state index is 14.5. The van der Waals surface area contributed by atoms with E-state index in [1.807, 2.05) is 42.5 Å². The predicted molar refractivity (Wildman–Crippen MR) is 366 cm³/mol. The van der Waals surface area contributed by atoms with Crippen molar-refractivity contribution in [2.24, 2.45) is 5.11 Å². The average molecular weight is 1460 g/mol. The number of rotatable bonds is 34. The van der Waals surface area contributed by atoms with E-state index in [0.29, 0.717) is 45.5 Å². The molecule has 0 saturated carbocycles. The van der Waals surface area contributed by atoms with Crippen LogP contribution < -0.4 is 37.2 Å². The van der Waals surface area contributed by atoms with Gasteiger partial charge in [-0.25, -0.2) is 23.5 Å². The van der Waals surface area contributed by atoms with Gasteiger partial charge in [0, 0.05) is 110 Å². The summed E-state index contributed by atoms with van der Waals surface area (Å²) in [6.45, 7) is 4.09. The van der Waals surface area contributed by atoms with Crippen molar-refractivity contribution in [2.45, 2.75) is 83.5 Å². The molecule has 0 bridgehead atoms. The molecule has 0 radical (unpaired) electrons. The number of phosphoric acid groups is 3. The number of pyridine rings is 1. The minimum absolute atomic E-state index is 0.0191. The molecular formula is C64H73N10O22P3S. The van der Waals surface area contributed by atoms with Gasteiger partial charge in [0.05, 0.1) is 53.9 Å². The molecule has 100 heavy (non-hydrogen) atoms. The summed E-state index contributed by atoms with van der Waals surface area (Å²) in [4.78, 5) is 129. The topological polar surface area (TPSA) is 445 Å². The third-order valence-corrected chi connectivity index (χ3v) is 20.5. The van der Waals surface area contributed by atoms with Crippen molar-refractivity contribution >= 4 is 90.9 Å². The number of hydrogen-bond donors (Lipinski definition) is 7. The fourth-order valence-corrected chi connectivity index (χ4v) is 15.2. The summed E-state index contributed by atoms with van der Waals surface area (Å²) in [6, 6.07) is 26.2. The molecule has 8 N–H and O–H groups in total. The molecule has 6 atom stereocenters. The van der Waals surface area contributed by atoms with Gasteiger partial charge in [0.2, 0.25) is 5.91 Å². The number of benzene rings is 4. The first-order chi connectivity index (χ1) is 47.8. The van der Waals surface area contributed by atoms with Crippen molar-refractivity contribution in [2.75, 3.05) is 90.0 Å². The Bertz CT molecular complexity index is 4520. The van der Waals surface area contributed by atoms with Gasteiger partial charge >= 0.3 is 29.1 Å². The second-order valence-corrected chi connectivity index (χ2v) is 28.1. The van der Waals surface area contributed by atoms with E-state index in [1.54, 1.807) is 49.2 Å². The lowest BCUT2D eigenvalue weighted by Gasteiger charge is -2.30. The number of hydrogen-bond acceptors (Lipinski definition) is 23. The summed E-state index contributed by atoms with van der Waals surface area (Å²) in [5.74, 6) is 4.40. The smallest absolute Gasteiger partial charge is 0.490 e. The number of ether oxygens (including phenoxy) is 5. The Hall–Kier alpha value is -8.47. The van der Waals surface area contributed by atoms with Crippen LogP contribution in [0, 0.1) is 11.8 Å². The van der Waals surface area contributed by atoms with E-state index < -0.39 is 84.3 Å². The van der Waals surface area contributed by atoms with Crippen LogP contribution in [0.1, 0.15) is 90.4 Å². The van der Waals surface area contributed by atoms with E-state index in [-0.39, 0.29) is 105 Å². The number of aromatic nitrogens is 2. The molecule has 7 aromatic rings. The van der Waals surface area contributed by atoms with Crippen LogP contribution >= 0.6 is 34.8 Å². The number of para-hydroxylation sites is 1. The summed E-state index contributed by atoms with van der Waals surface area (Å²) in [6.07, 6.45) is -0.0593. The molecule has 4 aromatic carbocycles. The standard InChI is InChI=1S/C64H73N10O22P3S/c1-4-73-28-13-17-40-32-47-51(34-50(40)73)94-64(80)60(62-69-49-23-8-9-24-54(49)100-62)59(47)45-21-6-7-22-46(45)63(79)72(3)27-14-19-43(75)18-12-26-68-61(78)41-15-10-20-44(31-41)91-39-56(70-71-66)90-30-29-88-38-55(76)67-25-11-16-42-36-74(57(77)33-48(42)65)58-35-52(89-5-2)53(93-58)37-92-98(84,85)96-99(86,87)95-97(81,82)83/h6-10,15,20-24,31-34,36,52-53,56,58H,4-5,12-14,17-19,25-30,35,37-39,65H2,1-3H3,(H,67,76)(H,68,78)(H,84,85)(H,86,87)(H2,81,82,83). The van der Waals surface area contributed by atoms with Crippen molar-refractivity contribution in [3.05, 3.63) is 151 Å². The van der Waals surface area contributed by atoms with E-state index in [2.05, 4.69) is 59.0 Å². The Kier molecular flexibility index (Phi) is 26.3. The van der Waals surface area contributed by atoms with Crippen LogP contribution in [0.2, 0.25) is 0 Å². The normalized spacial score (nSPS) is 16.7. The highest BCUT2D eigenvalue weighted by atomic mass is 32.1. The molecule has 3 aromatic heterocycles. The lowest BCUT2D eigenvalue weighted by Crippen LogP contribution is -2.29. The number of Topliss-reactive ketones (excluding diaryl/α,β-unsaturated/α-hetero) is 1. The molecule has 3 amide bonds. The Morgan fingerprint density at radius 3 is 2.49 bits per heavy atom. The summed E-state index contributed by atoms with van der Waals surface area (Å²) in [5, 5.41) is 10.1. The number of azide groups is 1. The second-order valence-electron chi connectivity index (χ2n) is 22.7. The first kappa shape index (κ1) is 75.7. The van der Waals surface area contributed by atoms with Crippen LogP contribution in [0.3, 0.4) is 0 Å². The number of nitrogens with zero attached hydrogens (tertiary/aromatic N) is 7. The van der Waals surface area contributed by atoms with Crippen LogP contribution in [0.5, 0.6) is 5.75 Å². The second kappa shape index (κ2) is 34.7. The number of amides is 3. The number of fused-ring (bicyclic) bond motifs is 3. The molecule has 9 rings (SSSR count). The van der Waals surface area contributed by atoms with Crippen molar-refractivity contribution in [1.82, 2.24) is 25.1 Å². The molecule has 1 fully saturated rings. The number of nitrogens with two attached hydrogens (primary N) is 1. The van der Waals surface area contributed by atoms with E-state index in [1.165, 1.54) is 23.6 Å². The Morgan fingerprint density at radius 2 is 1.72 bits per heavy atom. The third kappa shape index (κ3) is 20.6. The van der Waals surface area contributed by atoms with Crippen LogP contribution in [0.25, 0.3) is 53.3 Å². The van der Waals surface area contributed by atoms with Gasteiger partial charge in [-0.3, -0.25) is 33.1 Å². The minimum atomic E-state index is -5.78. The number of carbonyl (C=O) groups is 4. The first-order valence-electron chi connectivity index (χ1n) is 31.5. The van der Waals surface area contributed by atoms with E-state index in [0.717, 1.165) is 58.0 Å². The number of nitrogen functional groups attached to an aromatic ring is 1. The zero-order valence-corrected chi connectivity index (χ0v) is 57.9. The highest BCUT2D eigenvalue weighted by Crippen LogP contribution is 2.66. The number of thiazole rings is 1. The number of aryl methyl sites for hydroxylation is 1. The predicted octanol–water partition coefficient (Wildman–Crippen LogP) is 8.14. The minimum Gasteiger partial charge on any atom is -0.491 e. The fourth-order valence-electron chi connectivity index (χ4n) is 11.1. The van der Waals surface area contributed by atoms with Crippen LogP contribution in [0.4, 0.5) is 11.4 Å². The van der Waals surface area contributed by atoms with E-state index in [4.69, 9.17) is 53.1 Å². The van der Waals surface area contributed by atoms with Gasteiger partial charge in [-0.15, -0.1) is 11.3 Å². The van der Waals surface area contributed by atoms with E-state index in [9.17, 15) is 57.8 Å². The lowest BCUT2D eigenvalue weighted by molar-refractivity contribution is -0.126. The average Bonchev–Trinajstić information content (AvgIpc) is 1.39. The molecule has 2 aliphatic heterocycles. The zero-order chi connectivity index (χ0) is 71.7. The molecule has 0 aliphatic carbocycles. The van der Waals surface area contributed by atoms with Crippen molar-refractivity contribution in [3.8, 4) is 39.3 Å². The van der Waals surface area contributed by atoms with Crippen molar-refractivity contribution < 1.29 is 93.7 Å². The Labute approximate surface area is 575 Å². The summed E-state index contributed by atoms with van der Waals surface area (Å²) in [5.41, 5.74) is 19.5. The molecule has 1 saturated heterocycles. The summed E-state index contributed by atoms with van der Waals surface area (Å²) < 4.78 is 83.6. The Morgan fingerprint density at radius 1 is 0.940 bits per heavy atom. The highest BCUT2D eigenvalue weighted by molar-refractivity contribution is 7.66. The van der Waals surface area contributed by atoms with E-state index >= 15 is 0 Å². The molecule has 2 aliphatic rings. The maximum Gasteiger partial charge on any atom is 0.490 e. The monoisotopic (exact) mass is 1460 g/mol. The van der Waals surface area contributed by atoms with Crippen LogP contribution in [-0.2, 0) is 61.8 Å². The molecule has 532 valence electrons. The van der Waals surface area contributed by atoms with Gasteiger partial charge in [-0.1, -0.05) is 53.4 Å². The molecule has 32 nitrogen and oxygen atoms in total. The Balaban J connectivity index is 0.679. The van der Waals surface area contributed by atoms with Gasteiger partial charge in [-0.2, -0.15) is 8.62 Å². The summed E-state index contributed by atoms with van der Waals surface area (Å²) in [7, 11) is -15.2. The van der Waals surface area contributed by atoms with Gasteiger partial charge in [-0.05, 0) is 98.7 Å². The van der Waals surface area contributed by atoms with Crippen molar-refractivity contribution in [1.29, 1.82) is 0 Å². The quantitative estimate of drug-likeness (QED) is 0.00380. The first-order valence-corrected chi connectivity index (χ1v) is 36.8. The largest absolute Gasteiger partial charge is 0.491 e. The van der Waals surface area contributed by atoms with Gasteiger partial charge < -0.3 is 73.8 Å². The molecule has 0 spiro atoms. The molecular weight excluding hydrogens is 1390 g/mol. The number of carbonyl (C=O) groups excluding carboxylic acids is 4. The number of ketones is 1. The zero-order valence-electron chi connectivity index (χ0n) is 54.4. The van der Waals surface area contributed by atoms with Gasteiger partial charge in [0.15, 0.2) is 6.23 Å². The van der Waals surface area contributed by atoms with Gasteiger partial charge in [0.1, 0.15) is 53.2 Å². The van der Waals surface area contributed by atoms with Gasteiger partial charge in [0.25, 0.3) is 17.4 Å². The van der Waals surface area contributed by atoms with Crippen LogP contribution in [-0.4, -0.2) is 155 Å². The summed E-state index contributed by atoms with van der Waals surface area (Å²) >= 11 is 1.38. The molecule has 36 heteroatoms. The lowest BCUT2D eigenvalue weighted by atomic mass is 9.90. The van der Waals surface area contributed by atoms with Crippen molar-refractivity contribution in [3.63, 3.8) is 0 Å². The fraction of sp³-hybridized carbons (Fsp3) is 0.391. The maximum atomic E-state index is 14.5. The molecule has 6 unspecified atom stereocenters. The highest BCUT2D eigenvalue weighted by Gasteiger charge is 2.44. The molecule has 5 heterocycles.